The number of allylic oxidation sites excluding steroid dienone is 4. The van der Waals surface area contributed by atoms with Gasteiger partial charge in [0.25, 0.3) is 0 Å². The molecule has 0 saturated carbocycles. The van der Waals surface area contributed by atoms with E-state index in [-0.39, 0.29) is 39.2 Å². The van der Waals surface area contributed by atoms with E-state index in [2.05, 4.69) is 47.7 Å². The van der Waals surface area contributed by atoms with Crippen molar-refractivity contribution in [1.29, 1.82) is 0 Å². The van der Waals surface area contributed by atoms with Crippen molar-refractivity contribution in [3.63, 3.8) is 0 Å². The van der Waals surface area contributed by atoms with Crippen molar-refractivity contribution in [2.45, 2.75) is 261 Å². The molecule has 2 saturated heterocycles. The van der Waals surface area contributed by atoms with Gasteiger partial charge in [-0.05, 0) is 64.2 Å². The van der Waals surface area contributed by atoms with E-state index in [1.165, 1.54) is 77.0 Å². The van der Waals surface area contributed by atoms with Crippen LogP contribution in [0.15, 0.2) is 24.3 Å². The Kier molecular flexibility index (Phi) is 39.2. The van der Waals surface area contributed by atoms with Gasteiger partial charge in [-0.3, -0.25) is 14.1 Å². The molecule has 2 fully saturated rings. The molecule has 0 aromatic rings. The Morgan fingerprint density at radius 1 is 0.553 bits per heavy atom. The van der Waals surface area contributed by atoms with Crippen LogP contribution in [0.4, 0.5) is 4.79 Å². The minimum Gasteiger partial charge on any atom is -0.462 e. The van der Waals surface area contributed by atoms with E-state index in [1.54, 1.807) is 0 Å². The minimum atomic E-state index is -5.23. The summed E-state index contributed by atoms with van der Waals surface area (Å²) in [6, 6.07) is 0. The number of hydrogen-bond acceptors (Lipinski definition) is 19. The lowest BCUT2D eigenvalue weighted by atomic mass is 9.97. The van der Waals surface area contributed by atoms with Gasteiger partial charge in [-0.2, -0.15) is 8.42 Å². The number of alkyl carbamates (subject to hydrolysis) is 1. The first-order valence-electron chi connectivity index (χ1n) is 28.4. The van der Waals surface area contributed by atoms with Crippen molar-refractivity contribution >= 4 is 28.4 Å². The number of carbonyl (C=O) groups excluding carboxylic acids is 3. The van der Waals surface area contributed by atoms with Gasteiger partial charge in [0, 0.05) is 19.4 Å². The SMILES string of the molecule is CCCCCCCC/C=C\CCCCCCCC(=O)OCC(COC(=O)CCCCCCC/C=C\CCCCCCCC)OC(=O)NCCO[C@@H]1O[C@H](CO)[C@H](O[C@@H]2O[C@H](CO)[C@H](O)[C@H](OS(=O)(=O)O)[C@H]2O)[C@H](O)[C@H]1O. The quantitative estimate of drug-likeness (QED) is 0.0103. The summed E-state index contributed by atoms with van der Waals surface area (Å²) in [5.74, 6) is -0.958. The average molecular weight is 1110 g/mol. The van der Waals surface area contributed by atoms with Gasteiger partial charge in [0.05, 0.1) is 19.8 Å². The first-order valence-corrected chi connectivity index (χ1v) is 29.7. The maximum Gasteiger partial charge on any atom is 0.407 e. The van der Waals surface area contributed by atoms with E-state index in [0.29, 0.717) is 12.8 Å². The normalized spacial score (nSPS) is 24.1. The topological polar surface area (TPSA) is 313 Å². The highest BCUT2D eigenvalue weighted by atomic mass is 32.3. The number of ether oxygens (including phenoxy) is 7. The molecule has 21 nitrogen and oxygen atoms in total. The highest BCUT2D eigenvalue weighted by Crippen LogP contribution is 2.31. The van der Waals surface area contributed by atoms with Crippen molar-refractivity contribution in [3.05, 3.63) is 24.3 Å². The predicted molar refractivity (Wildman–Crippen MR) is 282 cm³/mol. The molecule has 1 amide bonds. The van der Waals surface area contributed by atoms with Crippen LogP contribution in [0.5, 0.6) is 0 Å². The van der Waals surface area contributed by atoms with Crippen LogP contribution in [0, 0.1) is 0 Å². The zero-order chi connectivity index (χ0) is 55.8. The summed E-state index contributed by atoms with van der Waals surface area (Å²) < 4.78 is 74.5. The Hall–Kier alpha value is -2.84. The molecular weight excluding hydrogens is 1010 g/mol. The Morgan fingerprint density at radius 2 is 0.987 bits per heavy atom. The minimum absolute atomic E-state index is 0.175. The van der Waals surface area contributed by atoms with Gasteiger partial charge >= 0.3 is 28.4 Å². The zero-order valence-electron chi connectivity index (χ0n) is 45.5. The molecular formula is C54H97NO20S. The van der Waals surface area contributed by atoms with Crippen molar-refractivity contribution in [2.24, 2.45) is 0 Å². The standard InChI is InChI=1S/C54H97NO20S/c1-3-5-7-9-11-13-15-17-19-21-23-25-27-29-31-33-44(58)69-39-41(40-70-45(59)34-32-30-28-26-24-22-20-18-16-14-12-10-8-6-4-2)71-54(64)55-35-36-68-52-48(62)47(61)50(43(38-57)73-52)74-53-49(63)51(75-76(65,66)67)46(60)42(37-56)72-53/h17-20,41-43,46-53,56-57,60-63H,3-16,21-40H2,1-2H3,(H,55,64)(H,65,66,67)/b19-17-,20-18-/t42-,43-,46+,47-,48-,49-,50+,51+,52-,53+/m1/s1. The summed E-state index contributed by atoms with van der Waals surface area (Å²) in [5.41, 5.74) is 0. The van der Waals surface area contributed by atoms with E-state index >= 15 is 0 Å². The van der Waals surface area contributed by atoms with Gasteiger partial charge < -0.3 is 69.1 Å². The van der Waals surface area contributed by atoms with Crippen molar-refractivity contribution in [2.75, 3.05) is 39.6 Å². The predicted octanol–water partition coefficient (Wildman–Crippen LogP) is 6.71. The monoisotopic (exact) mass is 1110 g/mol. The van der Waals surface area contributed by atoms with E-state index in [1.807, 2.05) is 0 Å². The van der Waals surface area contributed by atoms with E-state index in [4.69, 9.17) is 37.7 Å². The fourth-order valence-electron chi connectivity index (χ4n) is 8.77. The second-order valence-corrected chi connectivity index (χ2v) is 20.9. The molecule has 0 spiro atoms. The zero-order valence-corrected chi connectivity index (χ0v) is 46.4. The molecule has 2 heterocycles. The fraction of sp³-hybridized carbons (Fsp3) is 0.870. The molecule has 2 aliphatic rings. The van der Waals surface area contributed by atoms with Crippen LogP contribution >= 0.6 is 0 Å². The number of hydrogen-bond donors (Lipinski definition) is 8. The van der Waals surface area contributed by atoms with Gasteiger partial charge in [0.15, 0.2) is 18.7 Å². The summed E-state index contributed by atoms with van der Waals surface area (Å²) in [7, 11) is -5.23. The smallest absolute Gasteiger partial charge is 0.407 e. The Morgan fingerprint density at radius 3 is 1.43 bits per heavy atom. The first-order chi connectivity index (χ1) is 36.6. The summed E-state index contributed by atoms with van der Waals surface area (Å²) in [5, 5.41) is 64.9. The molecule has 444 valence electrons. The molecule has 0 aromatic carbocycles. The van der Waals surface area contributed by atoms with Crippen LogP contribution in [-0.4, -0.2) is 169 Å². The van der Waals surface area contributed by atoms with Crippen LogP contribution in [0.2, 0.25) is 0 Å². The van der Waals surface area contributed by atoms with Crippen LogP contribution in [0.25, 0.3) is 0 Å². The molecule has 76 heavy (non-hydrogen) atoms. The fourth-order valence-corrected chi connectivity index (χ4v) is 9.27. The number of rotatable bonds is 45. The van der Waals surface area contributed by atoms with Crippen LogP contribution in [0.1, 0.15) is 194 Å². The number of carbonyl (C=O) groups is 3. The van der Waals surface area contributed by atoms with Crippen LogP contribution in [0.3, 0.4) is 0 Å². The van der Waals surface area contributed by atoms with E-state index < -0.39 is 109 Å². The summed E-state index contributed by atoms with van der Waals surface area (Å²) in [4.78, 5) is 38.3. The van der Waals surface area contributed by atoms with Crippen molar-refractivity contribution < 1.29 is 95.3 Å². The first kappa shape index (κ1) is 69.3. The van der Waals surface area contributed by atoms with Crippen molar-refractivity contribution in [1.82, 2.24) is 5.32 Å². The Bertz CT molecular complexity index is 1610. The number of unbranched alkanes of at least 4 members (excludes halogenated alkanes) is 22. The molecule has 2 aliphatic heterocycles. The third-order valence-electron chi connectivity index (χ3n) is 13.2. The molecule has 0 aliphatic carbocycles. The highest BCUT2D eigenvalue weighted by Gasteiger charge is 2.52. The third-order valence-corrected chi connectivity index (χ3v) is 13.7. The Balaban J connectivity index is 1.83. The summed E-state index contributed by atoms with van der Waals surface area (Å²) >= 11 is 0. The number of aliphatic hydroxyl groups excluding tert-OH is 6. The average Bonchev–Trinajstić information content (AvgIpc) is 3.39. The highest BCUT2D eigenvalue weighted by molar-refractivity contribution is 7.80. The van der Waals surface area contributed by atoms with E-state index in [9.17, 15) is 53.4 Å². The maximum atomic E-state index is 12.9. The second-order valence-electron chi connectivity index (χ2n) is 19.9. The largest absolute Gasteiger partial charge is 0.462 e. The van der Waals surface area contributed by atoms with Gasteiger partial charge in [-0.1, -0.05) is 141 Å². The molecule has 8 N–H and O–H groups in total. The maximum absolute atomic E-state index is 12.9. The number of aliphatic hydroxyl groups is 6. The number of nitrogens with one attached hydrogen (secondary N) is 1. The lowest BCUT2D eigenvalue weighted by molar-refractivity contribution is -0.357. The number of amides is 1. The summed E-state index contributed by atoms with van der Waals surface area (Å²) in [6.45, 7) is 1.35. The van der Waals surface area contributed by atoms with Crippen LogP contribution < -0.4 is 5.32 Å². The van der Waals surface area contributed by atoms with Gasteiger partial charge in [-0.25, -0.2) is 8.98 Å². The summed E-state index contributed by atoms with van der Waals surface area (Å²) in [6.07, 6.45) is 18.1. The molecule has 22 heteroatoms. The molecule has 0 radical (unpaired) electrons. The lowest BCUT2D eigenvalue weighted by Crippen LogP contribution is -2.65. The van der Waals surface area contributed by atoms with Crippen molar-refractivity contribution in [3.8, 4) is 0 Å². The molecule has 0 bridgehead atoms. The third kappa shape index (κ3) is 31.7. The van der Waals surface area contributed by atoms with Gasteiger partial charge in [0.1, 0.15) is 62.0 Å². The van der Waals surface area contributed by atoms with Crippen LogP contribution in [-0.2, 0) is 57.3 Å². The Labute approximate surface area is 452 Å². The van der Waals surface area contributed by atoms with Gasteiger partial charge in [0.2, 0.25) is 0 Å². The molecule has 0 aromatic heterocycles. The number of esters is 2. The molecule has 10 atom stereocenters. The molecule has 2 rings (SSSR count). The molecule has 0 unspecified atom stereocenters. The lowest BCUT2D eigenvalue weighted by Gasteiger charge is -2.46. The second kappa shape index (κ2) is 43.0. The van der Waals surface area contributed by atoms with Gasteiger partial charge in [-0.15, -0.1) is 0 Å². The van der Waals surface area contributed by atoms with E-state index in [0.717, 1.165) is 77.0 Å².